The van der Waals surface area contributed by atoms with Crippen LogP contribution in [-0.4, -0.2) is 52.8 Å². The van der Waals surface area contributed by atoms with Crippen molar-refractivity contribution in [3.63, 3.8) is 0 Å². The van der Waals surface area contributed by atoms with Crippen molar-refractivity contribution >= 4 is 44.9 Å². The molecule has 8 nitrogen and oxygen atoms in total. The first kappa shape index (κ1) is 19.9. The molecule has 1 amide bonds. The summed E-state index contributed by atoms with van der Waals surface area (Å²) in [6.45, 7) is 3.03. The first-order valence-corrected chi connectivity index (χ1v) is 11.6. The number of ether oxygens (including phenoxy) is 1. The maximum atomic E-state index is 12.3. The summed E-state index contributed by atoms with van der Waals surface area (Å²) in [5, 5.41) is 7.09. The SMILES string of the molecule is O=C(Cc1cn2ccsc2n1)NN=Cc1sc(N2CCOCC2)nc1-c1ccccc1. The molecule has 158 valence electrons. The van der Waals surface area contributed by atoms with Crippen LogP contribution >= 0.6 is 22.7 Å². The van der Waals surface area contributed by atoms with E-state index >= 15 is 0 Å². The molecule has 4 heterocycles. The first-order valence-electron chi connectivity index (χ1n) is 9.88. The third-order valence-electron chi connectivity index (χ3n) is 4.83. The number of benzene rings is 1. The van der Waals surface area contributed by atoms with Crippen molar-refractivity contribution in [2.75, 3.05) is 31.2 Å². The largest absolute Gasteiger partial charge is 0.378 e. The van der Waals surface area contributed by atoms with Crippen LogP contribution in [0.4, 0.5) is 5.13 Å². The monoisotopic (exact) mass is 452 g/mol. The summed E-state index contributed by atoms with van der Waals surface area (Å²) >= 11 is 3.10. The number of rotatable bonds is 6. The van der Waals surface area contributed by atoms with Gasteiger partial charge in [0.05, 0.1) is 42.1 Å². The molecule has 0 bridgehead atoms. The molecule has 0 radical (unpaired) electrons. The third kappa shape index (κ3) is 4.50. The van der Waals surface area contributed by atoms with E-state index in [1.807, 2.05) is 52.5 Å². The Labute approximate surface area is 186 Å². The van der Waals surface area contributed by atoms with Gasteiger partial charge >= 0.3 is 0 Å². The molecule has 1 fully saturated rings. The van der Waals surface area contributed by atoms with Crippen molar-refractivity contribution in [1.29, 1.82) is 0 Å². The Morgan fingerprint density at radius 3 is 2.87 bits per heavy atom. The van der Waals surface area contributed by atoms with Crippen LogP contribution in [0.1, 0.15) is 10.6 Å². The van der Waals surface area contributed by atoms with Gasteiger partial charge in [0.2, 0.25) is 5.91 Å². The summed E-state index contributed by atoms with van der Waals surface area (Å²) < 4.78 is 7.36. The highest BCUT2D eigenvalue weighted by Gasteiger charge is 2.19. The van der Waals surface area contributed by atoms with Crippen LogP contribution in [0.25, 0.3) is 16.2 Å². The summed E-state index contributed by atoms with van der Waals surface area (Å²) in [4.78, 5) is 25.6. The molecule has 0 aliphatic carbocycles. The van der Waals surface area contributed by atoms with Gasteiger partial charge in [-0.2, -0.15) is 5.10 Å². The van der Waals surface area contributed by atoms with E-state index in [4.69, 9.17) is 9.72 Å². The normalized spacial score (nSPS) is 14.5. The summed E-state index contributed by atoms with van der Waals surface area (Å²) in [5.74, 6) is -0.207. The first-order chi connectivity index (χ1) is 15.3. The number of fused-ring (bicyclic) bond motifs is 1. The van der Waals surface area contributed by atoms with E-state index in [9.17, 15) is 4.79 Å². The number of nitrogens with one attached hydrogen (secondary N) is 1. The van der Waals surface area contributed by atoms with E-state index in [0.717, 1.165) is 45.0 Å². The second-order valence-corrected chi connectivity index (χ2v) is 8.85. The zero-order valence-electron chi connectivity index (χ0n) is 16.6. The maximum absolute atomic E-state index is 12.3. The number of hydrogen-bond donors (Lipinski definition) is 1. The fourth-order valence-corrected chi connectivity index (χ4v) is 5.06. The molecule has 10 heteroatoms. The molecule has 1 aromatic carbocycles. The third-order valence-corrected chi connectivity index (χ3v) is 6.65. The van der Waals surface area contributed by atoms with Crippen LogP contribution in [0.15, 0.2) is 53.2 Å². The van der Waals surface area contributed by atoms with E-state index in [1.165, 1.54) is 11.3 Å². The highest BCUT2D eigenvalue weighted by Crippen LogP contribution is 2.32. The number of hydrazone groups is 1. The Bertz CT molecular complexity index is 1180. The van der Waals surface area contributed by atoms with Crippen LogP contribution in [0.2, 0.25) is 0 Å². The Hall–Kier alpha value is -3.08. The predicted molar refractivity (Wildman–Crippen MR) is 123 cm³/mol. The summed E-state index contributed by atoms with van der Waals surface area (Å²) in [7, 11) is 0. The number of anilines is 1. The van der Waals surface area contributed by atoms with Crippen molar-refractivity contribution in [1.82, 2.24) is 19.8 Å². The minimum atomic E-state index is -0.207. The lowest BCUT2D eigenvalue weighted by Crippen LogP contribution is -2.36. The molecule has 1 saturated heterocycles. The highest BCUT2D eigenvalue weighted by atomic mass is 32.1. The topological polar surface area (TPSA) is 84.1 Å². The van der Waals surface area contributed by atoms with Crippen molar-refractivity contribution in [3.05, 3.63) is 58.7 Å². The fraction of sp³-hybridized carbons (Fsp3) is 0.238. The maximum Gasteiger partial charge on any atom is 0.246 e. The molecule has 0 atom stereocenters. The van der Waals surface area contributed by atoms with Crippen LogP contribution < -0.4 is 10.3 Å². The van der Waals surface area contributed by atoms with E-state index in [2.05, 4.69) is 20.4 Å². The number of amides is 1. The van der Waals surface area contributed by atoms with E-state index < -0.39 is 0 Å². The standard InChI is InChI=1S/C21H20N6O2S2/c28-18(12-16-14-27-8-11-30-20(27)23-16)25-22-13-17-19(15-4-2-1-3-5-15)24-21(31-17)26-6-9-29-10-7-26/h1-5,8,11,13-14H,6-7,9-10,12H2,(H,25,28). The summed E-state index contributed by atoms with van der Waals surface area (Å²) in [6, 6.07) is 10.0. The fourth-order valence-electron chi connectivity index (χ4n) is 3.33. The molecule has 4 aromatic rings. The number of carbonyl (C=O) groups is 1. The average molecular weight is 453 g/mol. The minimum absolute atomic E-state index is 0.180. The van der Waals surface area contributed by atoms with Gasteiger partial charge in [-0.3, -0.25) is 9.20 Å². The molecule has 31 heavy (non-hydrogen) atoms. The summed E-state index contributed by atoms with van der Waals surface area (Å²) in [6.07, 6.45) is 5.64. The summed E-state index contributed by atoms with van der Waals surface area (Å²) in [5.41, 5.74) is 5.21. The van der Waals surface area contributed by atoms with Crippen LogP contribution in [0, 0.1) is 0 Å². The number of thiazole rings is 2. The van der Waals surface area contributed by atoms with Gasteiger partial charge in [0.1, 0.15) is 0 Å². The van der Waals surface area contributed by atoms with Crippen LogP contribution in [0.5, 0.6) is 0 Å². The van der Waals surface area contributed by atoms with E-state index in [0.29, 0.717) is 13.2 Å². The molecule has 1 aliphatic heterocycles. The molecule has 5 rings (SSSR count). The van der Waals surface area contributed by atoms with Crippen LogP contribution in [-0.2, 0) is 16.0 Å². The number of imidazole rings is 1. The van der Waals surface area contributed by atoms with Gasteiger partial charge in [-0.25, -0.2) is 15.4 Å². The smallest absolute Gasteiger partial charge is 0.246 e. The van der Waals surface area contributed by atoms with Crippen molar-refractivity contribution in [2.45, 2.75) is 6.42 Å². The Balaban J connectivity index is 1.31. The van der Waals surface area contributed by atoms with Crippen LogP contribution in [0.3, 0.4) is 0 Å². The molecule has 0 saturated carbocycles. The van der Waals surface area contributed by atoms with Gasteiger partial charge in [-0.15, -0.1) is 11.3 Å². The van der Waals surface area contributed by atoms with Crippen molar-refractivity contribution in [3.8, 4) is 11.3 Å². The van der Waals surface area contributed by atoms with Gasteiger partial charge < -0.3 is 9.64 Å². The van der Waals surface area contributed by atoms with Crippen molar-refractivity contribution in [2.24, 2.45) is 5.10 Å². The molecular formula is C21H20N6O2S2. The molecule has 3 aromatic heterocycles. The zero-order valence-corrected chi connectivity index (χ0v) is 18.2. The van der Waals surface area contributed by atoms with Gasteiger partial charge in [0.15, 0.2) is 10.1 Å². The second-order valence-electron chi connectivity index (χ2n) is 6.97. The number of carbonyl (C=O) groups excluding carboxylic acids is 1. The minimum Gasteiger partial charge on any atom is -0.378 e. The Morgan fingerprint density at radius 2 is 2.06 bits per heavy atom. The predicted octanol–water partition coefficient (Wildman–Crippen LogP) is 3.05. The molecule has 1 aliphatic rings. The molecule has 0 unspecified atom stereocenters. The van der Waals surface area contributed by atoms with Gasteiger partial charge in [-0.05, 0) is 0 Å². The van der Waals surface area contributed by atoms with Gasteiger partial charge in [0.25, 0.3) is 0 Å². The quantitative estimate of drug-likeness (QED) is 0.359. The average Bonchev–Trinajstić information content (AvgIpc) is 3.50. The molecular weight excluding hydrogens is 432 g/mol. The second kappa shape index (κ2) is 8.96. The van der Waals surface area contributed by atoms with Gasteiger partial charge in [0, 0.05) is 36.4 Å². The lowest BCUT2D eigenvalue weighted by molar-refractivity contribution is -0.120. The Kier molecular flexibility index (Phi) is 5.74. The van der Waals surface area contributed by atoms with Crippen molar-refractivity contribution < 1.29 is 9.53 Å². The Morgan fingerprint density at radius 1 is 1.23 bits per heavy atom. The van der Waals surface area contributed by atoms with E-state index in [-0.39, 0.29) is 12.3 Å². The number of morpholine rings is 1. The molecule has 1 N–H and O–H groups in total. The lowest BCUT2D eigenvalue weighted by atomic mass is 10.1. The number of hydrogen-bond acceptors (Lipinski definition) is 8. The molecule has 0 spiro atoms. The number of aromatic nitrogens is 3. The van der Waals surface area contributed by atoms with E-state index in [1.54, 1.807) is 17.6 Å². The number of nitrogens with zero attached hydrogens (tertiary/aromatic N) is 5. The highest BCUT2D eigenvalue weighted by molar-refractivity contribution is 7.17. The van der Waals surface area contributed by atoms with Gasteiger partial charge in [-0.1, -0.05) is 41.7 Å². The zero-order chi connectivity index (χ0) is 21.0. The lowest BCUT2D eigenvalue weighted by Gasteiger charge is -2.26.